The second-order valence-electron chi connectivity index (χ2n) is 7.22. The van der Waals surface area contributed by atoms with E-state index in [0.717, 1.165) is 55.2 Å². The van der Waals surface area contributed by atoms with E-state index >= 15 is 0 Å². The van der Waals surface area contributed by atoms with Crippen molar-refractivity contribution < 1.29 is 9.53 Å². The van der Waals surface area contributed by atoms with Crippen molar-refractivity contribution in [1.82, 2.24) is 14.5 Å². The molecule has 0 saturated heterocycles. The number of ketones is 1. The van der Waals surface area contributed by atoms with Gasteiger partial charge in [-0.1, -0.05) is 26.0 Å². The normalized spacial score (nSPS) is 11.3. The Labute approximate surface area is 173 Å². The lowest BCUT2D eigenvalue weighted by Crippen LogP contribution is -2.27. The van der Waals surface area contributed by atoms with Gasteiger partial charge in [-0.15, -0.1) is 0 Å². The summed E-state index contributed by atoms with van der Waals surface area (Å²) in [6, 6.07) is 14.1. The Bertz CT molecular complexity index is 956. The first kappa shape index (κ1) is 21.1. The van der Waals surface area contributed by atoms with Crippen LogP contribution in [0, 0.1) is 0 Å². The van der Waals surface area contributed by atoms with Crippen LogP contribution in [0.3, 0.4) is 0 Å². The van der Waals surface area contributed by atoms with Gasteiger partial charge in [0.15, 0.2) is 5.78 Å². The fourth-order valence-electron chi connectivity index (χ4n) is 3.62. The van der Waals surface area contributed by atoms with Gasteiger partial charge in [0.05, 0.1) is 17.6 Å². The highest BCUT2D eigenvalue weighted by molar-refractivity contribution is 5.97. The van der Waals surface area contributed by atoms with Crippen molar-refractivity contribution >= 4 is 16.8 Å². The molecule has 1 heterocycles. The van der Waals surface area contributed by atoms with Crippen LogP contribution in [0.2, 0.25) is 0 Å². The maximum absolute atomic E-state index is 11.8. The zero-order valence-electron chi connectivity index (χ0n) is 17.9. The molecular weight excluding hydrogens is 362 g/mol. The molecule has 3 rings (SSSR count). The lowest BCUT2D eigenvalue weighted by atomic mass is 10.1. The van der Waals surface area contributed by atoms with Crippen LogP contribution in [0.1, 0.15) is 49.4 Å². The molecule has 0 bridgehead atoms. The van der Waals surface area contributed by atoms with E-state index in [4.69, 9.17) is 9.72 Å². The van der Waals surface area contributed by atoms with Gasteiger partial charge in [0, 0.05) is 25.1 Å². The molecule has 0 N–H and O–H groups in total. The lowest BCUT2D eigenvalue weighted by Gasteiger charge is -2.19. The van der Waals surface area contributed by atoms with Crippen LogP contribution in [0.15, 0.2) is 42.5 Å². The number of benzene rings is 2. The van der Waals surface area contributed by atoms with Crippen molar-refractivity contribution in [2.45, 2.75) is 40.7 Å². The van der Waals surface area contributed by atoms with Gasteiger partial charge >= 0.3 is 0 Å². The SMILES string of the molecule is CCOc1ccc(Cc2nc3cc(C(C)=O)ccc3n2CCN(CC)CC)cc1. The van der Waals surface area contributed by atoms with Crippen LogP contribution >= 0.6 is 0 Å². The Balaban J connectivity index is 1.94. The number of ether oxygens (including phenoxy) is 1. The van der Waals surface area contributed by atoms with Crippen LogP contribution in [0.25, 0.3) is 11.0 Å². The summed E-state index contributed by atoms with van der Waals surface area (Å²) >= 11 is 0. The molecule has 5 nitrogen and oxygen atoms in total. The van der Waals surface area contributed by atoms with E-state index in [2.05, 4.69) is 35.4 Å². The van der Waals surface area contributed by atoms with E-state index in [1.165, 1.54) is 5.56 Å². The van der Waals surface area contributed by atoms with Crippen molar-refractivity contribution in [3.05, 3.63) is 59.4 Å². The van der Waals surface area contributed by atoms with Gasteiger partial charge in [0.1, 0.15) is 11.6 Å². The number of aromatic nitrogens is 2. The van der Waals surface area contributed by atoms with Crippen molar-refractivity contribution in [3.8, 4) is 5.75 Å². The van der Waals surface area contributed by atoms with E-state index in [1.807, 2.05) is 37.3 Å². The number of likely N-dealkylation sites (N-methyl/N-ethyl adjacent to an activating group) is 1. The molecule has 1 aromatic heterocycles. The number of Topliss-reactive ketones (excluding diaryl/α,β-unsaturated/α-hetero) is 1. The number of carbonyl (C=O) groups excluding carboxylic acids is 1. The van der Waals surface area contributed by atoms with Gasteiger partial charge in [-0.2, -0.15) is 0 Å². The smallest absolute Gasteiger partial charge is 0.159 e. The zero-order chi connectivity index (χ0) is 20.8. The number of carbonyl (C=O) groups is 1. The van der Waals surface area contributed by atoms with Crippen LogP contribution in [0.5, 0.6) is 5.75 Å². The average molecular weight is 394 g/mol. The molecule has 0 atom stereocenters. The van der Waals surface area contributed by atoms with Gasteiger partial charge in [0.2, 0.25) is 0 Å². The van der Waals surface area contributed by atoms with Crippen LogP contribution in [-0.4, -0.2) is 46.5 Å². The molecule has 0 spiro atoms. The fourth-order valence-corrected chi connectivity index (χ4v) is 3.62. The molecule has 0 fully saturated rings. The Morgan fingerprint density at radius 3 is 2.41 bits per heavy atom. The summed E-state index contributed by atoms with van der Waals surface area (Å²) in [7, 11) is 0. The van der Waals surface area contributed by atoms with Crippen LogP contribution < -0.4 is 4.74 Å². The van der Waals surface area contributed by atoms with E-state index < -0.39 is 0 Å². The highest BCUT2D eigenvalue weighted by Crippen LogP contribution is 2.22. The third-order valence-electron chi connectivity index (χ3n) is 5.36. The largest absolute Gasteiger partial charge is 0.494 e. The van der Waals surface area contributed by atoms with Crippen molar-refractivity contribution in [2.75, 3.05) is 26.2 Å². The Morgan fingerprint density at radius 1 is 1.07 bits per heavy atom. The Morgan fingerprint density at radius 2 is 1.79 bits per heavy atom. The molecule has 154 valence electrons. The molecule has 29 heavy (non-hydrogen) atoms. The highest BCUT2D eigenvalue weighted by atomic mass is 16.5. The van der Waals surface area contributed by atoms with Crippen molar-refractivity contribution in [2.24, 2.45) is 0 Å². The van der Waals surface area contributed by atoms with Gasteiger partial charge in [-0.3, -0.25) is 4.79 Å². The standard InChI is InChI=1S/C24H31N3O2/c1-5-26(6-2)14-15-27-23-13-10-20(18(4)28)17-22(23)25-24(27)16-19-8-11-21(12-9-19)29-7-3/h8-13,17H,5-7,14-16H2,1-4H3. The van der Waals surface area contributed by atoms with Crippen molar-refractivity contribution in [3.63, 3.8) is 0 Å². The third kappa shape index (κ3) is 5.04. The summed E-state index contributed by atoms with van der Waals surface area (Å²) in [6.45, 7) is 12.6. The number of hydrogen-bond acceptors (Lipinski definition) is 4. The minimum absolute atomic E-state index is 0.0673. The topological polar surface area (TPSA) is 47.4 Å². The molecule has 2 aromatic carbocycles. The van der Waals surface area contributed by atoms with Crippen molar-refractivity contribution in [1.29, 1.82) is 0 Å². The molecule has 0 aliphatic heterocycles. The number of nitrogens with zero attached hydrogens (tertiary/aromatic N) is 3. The maximum Gasteiger partial charge on any atom is 0.159 e. The molecule has 0 saturated carbocycles. The van der Waals surface area contributed by atoms with E-state index in [-0.39, 0.29) is 5.78 Å². The number of hydrogen-bond donors (Lipinski definition) is 0. The maximum atomic E-state index is 11.8. The van der Waals surface area contributed by atoms with Gasteiger partial charge in [-0.25, -0.2) is 4.98 Å². The molecule has 0 aliphatic rings. The molecule has 0 amide bonds. The molecule has 0 aliphatic carbocycles. The van der Waals surface area contributed by atoms with Crippen LogP contribution in [0.4, 0.5) is 0 Å². The summed E-state index contributed by atoms with van der Waals surface area (Å²) in [5.74, 6) is 1.98. The quantitative estimate of drug-likeness (QED) is 0.474. The van der Waals surface area contributed by atoms with E-state index in [9.17, 15) is 4.79 Å². The number of fused-ring (bicyclic) bond motifs is 1. The van der Waals surface area contributed by atoms with Gasteiger partial charge in [0.25, 0.3) is 0 Å². The number of imidazole rings is 1. The minimum Gasteiger partial charge on any atom is -0.494 e. The highest BCUT2D eigenvalue weighted by Gasteiger charge is 2.14. The number of rotatable bonds is 10. The first-order valence-corrected chi connectivity index (χ1v) is 10.5. The Hall–Kier alpha value is -2.66. The monoisotopic (exact) mass is 393 g/mol. The average Bonchev–Trinajstić information content (AvgIpc) is 3.06. The summed E-state index contributed by atoms with van der Waals surface area (Å²) in [4.78, 5) is 19.1. The summed E-state index contributed by atoms with van der Waals surface area (Å²) in [5.41, 5.74) is 3.87. The van der Waals surface area contributed by atoms with E-state index in [1.54, 1.807) is 6.92 Å². The zero-order valence-corrected chi connectivity index (χ0v) is 17.9. The van der Waals surface area contributed by atoms with Gasteiger partial charge < -0.3 is 14.2 Å². The minimum atomic E-state index is 0.0673. The Kier molecular flexibility index (Phi) is 7.04. The lowest BCUT2D eigenvalue weighted by molar-refractivity contribution is 0.101. The predicted molar refractivity (Wildman–Crippen MR) is 118 cm³/mol. The summed E-state index contributed by atoms with van der Waals surface area (Å²) < 4.78 is 7.85. The summed E-state index contributed by atoms with van der Waals surface area (Å²) in [5, 5.41) is 0. The second kappa shape index (κ2) is 9.70. The second-order valence-corrected chi connectivity index (χ2v) is 7.22. The molecule has 0 radical (unpaired) electrons. The molecule has 3 aromatic rings. The van der Waals surface area contributed by atoms with Crippen LogP contribution in [-0.2, 0) is 13.0 Å². The summed E-state index contributed by atoms with van der Waals surface area (Å²) in [6.07, 6.45) is 0.745. The predicted octanol–water partition coefficient (Wildman–Crippen LogP) is 4.57. The first-order chi connectivity index (χ1) is 14.0. The molecular formula is C24H31N3O2. The molecule has 0 unspecified atom stereocenters. The van der Waals surface area contributed by atoms with Gasteiger partial charge in [-0.05, 0) is 62.8 Å². The van der Waals surface area contributed by atoms with E-state index in [0.29, 0.717) is 12.2 Å². The third-order valence-corrected chi connectivity index (χ3v) is 5.36. The molecule has 5 heteroatoms. The fraction of sp³-hybridized carbons (Fsp3) is 0.417. The first-order valence-electron chi connectivity index (χ1n) is 10.5.